The average molecular weight is 538 g/mol. The lowest BCUT2D eigenvalue weighted by Crippen LogP contribution is -2.19. The molecule has 4 aromatic carbocycles. The van der Waals surface area contributed by atoms with Crippen molar-refractivity contribution in [1.29, 1.82) is 0 Å². The van der Waals surface area contributed by atoms with Crippen LogP contribution in [0.25, 0.3) is 33.9 Å². The quantitative estimate of drug-likeness (QED) is 0.182. The molecule has 0 radical (unpaired) electrons. The van der Waals surface area contributed by atoms with Gasteiger partial charge in [-0.15, -0.1) is 13.2 Å². The number of hydrogen-bond donors (Lipinski definition) is 0. The van der Waals surface area contributed by atoms with Gasteiger partial charge in [-0.3, -0.25) is 0 Å². The molecule has 4 aromatic rings. The van der Waals surface area contributed by atoms with Crippen molar-refractivity contribution in [3.63, 3.8) is 0 Å². The van der Waals surface area contributed by atoms with Crippen LogP contribution in [0.4, 0.5) is 39.5 Å². The van der Waals surface area contributed by atoms with Crippen molar-refractivity contribution >= 4 is 11.7 Å². The summed E-state index contributed by atoms with van der Waals surface area (Å²) in [5.74, 6) is -11.6. The number of halogens is 9. The Kier molecular flexibility index (Phi) is 7.26. The second kappa shape index (κ2) is 10.3. The van der Waals surface area contributed by atoms with E-state index in [0.29, 0.717) is 5.56 Å². The van der Waals surface area contributed by atoms with Crippen LogP contribution in [0.1, 0.15) is 16.7 Å². The van der Waals surface area contributed by atoms with Gasteiger partial charge in [0.15, 0.2) is 23.3 Å². The predicted molar refractivity (Wildman–Crippen MR) is 124 cm³/mol. The van der Waals surface area contributed by atoms with Gasteiger partial charge in [0.1, 0.15) is 11.6 Å². The van der Waals surface area contributed by atoms with Crippen molar-refractivity contribution in [3.8, 4) is 28.0 Å². The topological polar surface area (TPSA) is 9.23 Å². The number of hydrogen-bond acceptors (Lipinski definition) is 1. The third kappa shape index (κ3) is 5.69. The molecule has 0 N–H and O–H groups in total. The van der Waals surface area contributed by atoms with Crippen molar-refractivity contribution in [2.45, 2.75) is 13.3 Å². The summed E-state index contributed by atoms with van der Waals surface area (Å²) in [6.07, 6.45) is -5.44. The molecule has 10 heteroatoms. The first-order chi connectivity index (χ1) is 17.8. The Morgan fingerprint density at radius 1 is 0.605 bits per heavy atom. The first-order valence-electron chi connectivity index (χ1n) is 10.8. The van der Waals surface area contributed by atoms with E-state index in [1.54, 1.807) is 18.2 Å². The number of aryl methyl sites for hydroxylation is 1. The number of alkyl halides is 3. The standard InChI is InChI=1S/C28H15F9O/c1-14-2-4-15(5-3-14)16-6-8-19(21(29)10-16)17-7-9-20(22(30)11-17)26(34)25(33)18-12-23(31)27(24(32)13-18)38-28(35,36)37/h2-13H,1H3/b26-25+. The van der Waals surface area contributed by atoms with Crippen LogP contribution in [0, 0.1) is 30.2 Å². The molecule has 0 spiro atoms. The van der Waals surface area contributed by atoms with Gasteiger partial charge in [-0.05, 0) is 53.9 Å². The first kappa shape index (κ1) is 26.8. The summed E-state index contributed by atoms with van der Waals surface area (Å²) in [5.41, 5.74) is 0.204. The fourth-order valence-electron chi connectivity index (χ4n) is 3.68. The van der Waals surface area contributed by atoms with Gasteiger partial charge in [0.2, 0.25) is 5.75 Å². The van der Waals surface area contributed by atoms with Crippen LogP contribution in [0.3, 0.4) is 0 Å². The van der Waals surface area contributed by atoms with E-state index < -0.39 is 58.2 Å². The van der Waals surface area contributed by atoms with Gasteiger partial charge in [0.25, 0.3) is 0 Å². The zero-order valence-corrected chi connectivity index (χ0v) is 19.2. The second-order valence-corrected chi connectivity index (χ2v) is 8.20. The fraction of sp³-hybridized carbons (Fsp3) is 0.0714. The Balaban J connectivity index is 1.65. The normalized spacial score (nSPS) is 12.4. The highest BCUT2D eigenvalue weighted by Gasteiger charge is 2.34. The lowest BCUT2D eigenvalue weighted by Gasteiger charge is -2.12. The smallest absolute Gasteiger partial charge is 0.399 e. The summed E-state index contributed by atoms with van der Waals surface area (Å²) in [5, 5.41) is 0. The molecular formula is C28H15F9O. The van der Waals surface area contributed by atoms with Gasteiger partial charge in [-0.25, -0.2) is 26.3 Å². The molecule has 0 aliphatic heterocycles. The maximum absolute atomic E-state index is 14.8. The molecule has 0 saturated heterocycles. The minimum Gasteiger partial charge on any atom is -0.399 e. The minimum atomic E-state index is -5.44. The van der Waals surface area contributed by atoms with Gasteiger partial charge >= 0.3 is 6.36 Å². The monoisotopic (exact) mass is 538 g/mol. The summed E-state index contributed by atoms with van der Waals surface area (Å²) in [7, 11) is 0. The van der Waals surface area contributed by atoms with Crippen molar-refractivity contribution < 1.29 is 44.3 Å². The molecule has 0 saturated carbocycles. The van der Waals surface area contributed by atoms with Crippen molar-refractivity contribution in [1.82, 2.24) is 0 Å². The molecule has 196 valence electrons. The van der Waals surface area contributed by atoms with E-state index >= 15 is 0 Å². The highest BCUT2D eigenvalue weighted by atomic mass is 19.4. The van der Waals surface area contributed by atoms with Crippen LogP contribution in [0.5, 0.6) is 5.75 Å². The van der Waals surface area contributed by atoms with Crippen LogP contribution in [-0.4, -0.2) is 6.36 Å². The van der Waals surface area contributed by atoms with E-state index in [4.69, 9.17) is 0 Å². The maximum atomic E-state index is 14.8. The molecule has 1 nitrogen and oxygen atoms in total. The number of ether oxygens (including phenoxy) is 1. The summed E-state index contributed by atoms with van der Waals surface area (Å²) < 4.78 is 127. The zero-order valence-electron chi connectivity index (χ0n) is 19.2. The third-order valence-electron chi connectivity index (χ3n) is 5.53. The molecule has 0 atom stereocenters. The fourth-order valence-corrected chi connectivity index (χ4v) is 3.68. The van der Waals surface area contributed by atoms with Crippen LogP contribution in [0.15, 0.2) is 72.8 Å². The first-order valence-corrected chi connectivity index (χ1v) is 10.8. The molecule has 0 heterocycles. The van der Waals surface area contributed by atoms with Crippen LogP contribution in [-0.2, 0) is 0 Å². The summed E-state index contributed by atoms with van der Waals surface area (Å²) >= 11 is 0. The van der Waals surface area contributed by atoms with E-state index in [1.807, 2.05) is 19.1 Å². The molecule has 0 amide bonds. The van der Waals surface area contributed by atoms with E-state index in [-0.39, 0.29) is 23.3 Å². The van der Waals surface area contributed by atoms with Crippen molar-refractivity contribution in [2.24, 2.45) is 0 Å². The van der Waals surface area contributed by atoms with Gasteiger partial charge in [-0.1, -0.05) is 48.0 Å². The SMILES string of the molecule is Cc1ccc(-c2ccc(-c3ccc(/C(F)=C(\F)c4cc(F)c(OC(F)(F)F)c(F)c4)c(F)c3)c(F)c2)cc1. The average Bonchev–Trinajstić information content (AvgIpc) is 2.85. The maximum Gasteiger partial charge on any atom is 0.573 e. The minimum absolute atomic E-state index is 0.00171. The van der Waals surface area contributed by atoms with Gasteiger partial charge in [-0.2, -0.15) is 0 Å². The predicted octanol–water partition coefficient (Wildman–Crippen LogP) is 9.55. The van der Waals surface area contributed by atoms with Crippen LogP contribution in [0.2, 0.25) is 0 Å². The second-order valence-electron chi connectivity index (χ2n) is 8.20. The van der Waals surface area contributed by atoms with Crippen molar-refractivity contribution in [2.75, 3.05) is 0 Å². The Bertz CT molecular complexity index is 1510. The molecule has 0 aliphatic rings. The third-order valence-corrected chi connectivity index (χ3v) is 5.53. The highest BCUT2D eigenvalue weighted by molar-refractivity contribution is 5.84. The number of rotatable bonds is 5. The molecular weight excluding hydrogens is 523 g/mol. The van der Waals surface area contributed by atoms with E-state index in [0.717, 1.165) is 29.3 Å². The molecule has 0 fully saturated rings. The summed E-state index contributed by atoms with van der Waals surface area (Å²) in [6.45, 7) is 1.90. The molecule has 0 unspecified atom stereocenters. The Labute approximate surface area is 210 Å². The molecule has 0 aromatic heterocycles. The summed E-state index contributed by atoms with van der Waals surface area (Å²) in [4.78, 5) is 0. The Hall–Kier alpha value is -4.21. The van der Waals surface area contributed by atoms with Gasteiger partial charge in [0, 0.05) is 16.7 Å². The lowest BCUT2D eigenvalue weighted by atomic mass is 9.98. The molecule has 0 bridgehead atoms. The van der Waals surface area contributed by atoms with Crippen molar-refractivity contribution in [3.05, 3.63) is 113 Å². The Morgan fingerprint density at radius 2 is 1.16 bits per heavy atom. The van der Waals surface area contributed by atoms with E-state index in [1.165, 1.54) is 12.1 Å². The van der Waals surface area contributed by atoms with E-state index in [2.05, 4.69) is 4.74 Å². The largest absolute Gasteiger partial charge is 0.573 e. The highest BCUT2D eigenvalue weighted by Crippen LogP contribution is 2.36. The molecule has 38 heavy (non-hydrogen) atoms. The van der Waals surface area contributed by atoms with Gasteiger partial charge < -0.3 is 4.74 Å². The zero-order chi connectivity index (χ0) is 27.8. The van der Waals surface area contributed by atoms with E-state index in [9.17, 15) is 39.5 Å². The number of benzene rings is 4. The van der Waals surface area contributed by atoms with Gasteiger partial charge in [0.05, 0.1) is 0 Å². The lowest BCUT2D eigenvalue weighted by molar-refractivity contribution is -0.276. The van der Waals surface area contributed by atoms with Crippen LogP contribution < -0.4 is 4.74 Å². The summed E-state index contributed by atoms with van der Waals surface area (Å²) in [6, 6.07) is 14.3. The molecule has 4 rings (SSSR count). The molecule has 0 aliphatic carbocycles. The Morgan fingerprint density at radius 3 is 1.71 bits per heavy atom. The van der Waals surface area contributed by atoms with Crippen LogP contribution >= 0.6 is 0 Å².